The third kappa shape index (κ3) is 5.56. The molecule has 0 aliphatic heterocycles. The molecule has 9 heteroatoms. The van der Waals surface area contributed by atoms with Crippen LogP contribution in [-0.4, -0.2) is 43.4 Å². The summed E-state index contributed by atoms with van der Waals surface area (Å²) in [4.78, 5) is 26.4. The van der Waals surface area contributed by atoms with Crippen molar-refractivity contribution in [1.29, 1.82) is 0 Å². The van der Waals surface area contributed by atoms with Gasteiger partial charge in [-0.2, -0.15) is 17.7 Å². The molecule has 0 fully saturated rings. The lowest BCUT2D eigenvalue weighted by molar-refractivity contribution is 0.102. The Kier molecular flexibility index (Phi) is 6.99. The van der Waals surface area contributed by atoms with Gasteiger partial charge in [-0.15, -0.1) is 0 Å². The zero-order chi connectivity index (χ0) is 23.2. The first-order chi connectivity index (χ1) is 16.0. The number of hydrogen-bond donors (Lipinski definition) is 3. The van der Waals surface area contributed by atoms with E-state index in [1.54, 1.807) is 30.5 Å². The number of ether oxygens (including phenoxy) is 1. The minimum absolute atomic E-state index is 0.325. The Labute approximate surface area is 197 Å². The second-order valence-electron chi connectivity index (χ2n) is 7.43. The number of hydrogen-bond acceptors (Lipinski definition) is 7. The smallest absolute Gasteiger partial charge is 0.260 e. The van der Waals surface area contributed by atoms with E-state index in [2.05, 4.69) is 43.1 Å². The van der Waals surface area contributed by atoms with Gasteiger partial charge in [0.2, 0.25) is 0 Å². The fraction of sp³-hybridized carbons (Fsp3) is 0.208. The van der Waals surface area contributed by atoms with Gasteiger partial charge in [0.1, 0.15) is 23.1 Å². The monoisotopic (exact) mass is 460 g/mol. The van der Waals surface area contributed by atoms with E-state index >= 15 is 0 Å². The van der Waals surface area contributed by atoms with Crippen LogP contribution < -0.4 is 10.1 Å². The number of H-pyrrole nitrogens is 1. The predicted octanol–water partition coefficient (Wildman–Crippen LogP) is 4.50. The van der Waals surface area contributed by atoms with Crippen LogP contribution in [0.2, 0.25) is 0 Å². The Morgan fingerprint density at radius 3 is 2.67 bits per heavy atom. The van der Waals surface area contributed by atoms with Crippen LogP contribution in [0.3, 0.4) is 0 Å². The van der Waals surface area contributed by atoms with Crippen LogP contribution in [0.4, 0.5) is 5.82 Å². The molecule has 168 valence electrons. The third-order valence-electron chi connectivity index (χ3n) is 4.85. The highest BCUT2D eigenvalue weighted by molar-refractivity contribution is 7.80. The SMILES string of the molecule is Cc1ccc(-c2ccc(OCCCS)c(C(=O)Nc3cccc(-c4n[nH]c(C)n4)n3)c2)cn1. The fourth-order valence-corrected chi connectivity index (χ4v) is 3.30. The lowest BCUT2D eigenvalue weighted by Crippen LogP contribution is -2.15. The van der Waals surface area contributed by atoms with Crippen molar-refractivity contribution in [3.8, 4) is 28.4 Å². The molecule has 33 heavy (non-hydrogen) atoms. The highest BCUT2D eigenvalue weighted by Gasteiger charge is 2.16. The number of benzene rings is 1. The van der Waals surface area contributed by atoms with Crippen molar-refractivity contribution in [2.24, 2.45) is 0 Å². The summed E-state index contributed by atoms with van der Waals surface area (Å²) >= 11 is 4.23. The fourth-order valence-electron chi connectivity index (χ4n) is 3.17. The van der Waals surface area contributed by atoms with E-state index in [0.29, 0.717) is 46.8 Å². The Morgan fingerprint density at radius 2 is 1.94 bits per heavy atom. The standard InChI is InChI=1S/C24H24N6O2S/c1-15-7-8-18(14-25-15)17-9-10-21(32-11-4-12-33)19(13-17)24(31)28-22-6-3-5-20(27-22)23-26-16(2)29-30-23/h3,5-10,13-14,33H,4,11-12H2,1-2H3,(H,26,29,30)(H,27,28,31). The largest absolute Gasteiger partial charge is 0.493 e. The first-order valence-electron chi connectivity index (χ1n) is 10.5. The van der Waals surface area contributed by atoms with Gasteiger partial charge in [0.15, 0.2) is 5.82 Å². The first kappa shape index (κ1) is 22.5. The molecule has 0 aliphatic carbocycles. The molecule has 4 rings (SSSR count). The zero-order valence-corrected chi connectivity index (χ0v) is 19.3. The molecule has 1 amide bonds. The maximum atomic E-state index is 13.3. The number of aromatic nitrogens is 5. The quantitative estimate of drug-likeness (QED) is 0.264. The summed E-state index contributed by atoms with van der Waals surface area (Å²) in [7, 11) is 0. The summed E-state index contributed by atoms with van der Waals surface area (Å²) < 4.78 is 5.87. The average molecular weight is 461 g/mol. The number of aryl methyl sites for hydroxylation is 2. The van der Waals surface area contributed by atoms with E-state index in [9.17, 15) is 4.79 Å². The van der Waals surface area contributed by atoms with Crippen LogP contribution in [0.25, 0.3) is 22.6 Å². The number of carbonyl (C=O) groups excluding carboxylic acids is 1. The number of nitrogens with zero attached hydrogens (tertiary/aromatic N) is 4. The third-order valence-corrected chi connectivity index (χ3v) is 5.16. The molecule has 0 saturated heterocycles. The summed E-state index contributed by atoms with van der Waals surface area (Å²) in [6.07, 6.45) is 2.56. The van der Waals surface area contributed by atoms with Crippen LogP contribution in [0.5, 0.6) is 5.75 Å². The molecule has 0 atom stereocenters. The van der Waals surface area contributed by atoms with Crippen molar-refractivity contribution in [3.63, 3.8) is 0 Å². The molecule has 0 saturated carbocycles. The molecule has 0 spiro atoms. The van der Waals surface area contributed by atoms with Gasteiger partial charge in [-0.05, 0) is 61.9 Å². The first-order valence-corrected chi connectivity index (χ1v) is 11.2. The molecule has 0 radical (unpaired) electrons. The number of anilines is 1. The van der Waals surface area contributed by atoms with Crippen molar-refractivity contribution < 1.29 is 9.53 Å². The van der Waals surface area contributed by atoms with E-state index in [1.807, 2.05) is 38.1 Å². The van der Waals surface area contributed by atoms with Crippen LogP contribution >= 0.6 is 12.6 Å². The van der Waals surface area contributed by atoms with Gasteiger partial charge < -0.3 is 10.1 Å². The van der Waals surface area contributed by atoms with Crippen LogP contribution in [0, 0.1) is 13.8 Å². The van der Waals surface area contributed by atoms with Crippen molar-refractivity contribution in [1.82, 2.24) is 25.1 Å². The van der Waals surface area contributed by atoms with Gasteiger partial charge in [0.05, 0.1) is 12.2 Å². The number of thiol groups is 1. The van der Waals surface area contributed by atoms with E-state index in [-0.39, 0.29) is 5.91 Å². The van der Waals surface area contributed by atoms with Crippen molar-refractivity contribution in [2.45, 2.75) is 20.3 Å². The average Bonchev–Trinajstić information content (AvgIpc) is 3.26. The maximum Gasteiger partial charge on any atom is 0.260 e. The molecule has 0 unspecified atom stereocenters. The summed E-state index contributed by atoms with van der Waals surface area (Å²) in [6.45, 7) is 4.21. The summed E-state index contributed by atoms with van der Waals surface area (Å²) in [5.74, 6) is 2.42. The Hall–Kier alpha value is -3.72. The highest BCUT2D eigenvalue weighted by atomic mass is 32.1. The molecule has 1 aromatic carbocycles. The Balaban J connectivity index is 1.63. The molecule has 0 aliphatic rings. The van der Waals surface area contributed by atoms with Gasteiger partial charge >= 0.3 is 0 Å². The van der Waals surface area contributed by atoms with Gasteiger partial charge in [-0.3, -0.25) is 14.9 Å². The summed E-state index contributed by atoms with van der Waals surface area (Å²) in [5, 5.41) is 9.79. The van der Waals surface area contributed by atoms with Crippen LogP contribution in [0.1, 0.15) is 28.3 Å². The second kappa shape index (κ2) is 10.3. The van der Waals surface area contributed by atoms with Crippen LogP contribution in [0.15, 0.2) is 54.7 Å². The van der Waals surface area contributed by atoms with E-state index in [4.69, 9.17) is 4.74 Å². The maximum absolute atomic E-state index is 13.3. The second-order valence-corrected chi connectivity index (χ2v) is 7.88. The van der Waals surface area contributed by atoms with Gasteiger partial charge in [0, 0.05) is 17.5 Å². The van der Waals surface area contributed by atoms with Crippen molar-refractivity contribution >= 4 is 24.4 Å². The van der Waals surface area contributed by atoms with Gasteiger partial charge in [-0.1, -0.05) is 18.2 Å². The molecular formula is C24H24N6O2S. The number of nitrogens with one attached hydrogen (secondary N) is 2. The van der Waals surface area contributed by atoms with Crippen molar-refractivity contribution in [3.05, 3.63) is 71.8 Å². The molecule has 3 aromatic heterocycles. The molecular weight excluding hydrogens is 436 g/mol. The molecule has 2 N–H and O–H groups in total. The topological polar surface area (TPSA) is 106 Å². The van der Waals surface area contributed by atoms with E-state index < -0.39 is 0 Å². The summed E-state index contributed by atoms with van der Waals surface area (Å²) in [6, 6.07) is 14.7. The van der Waals surface area contributed by atoms with E-state index in [0.717, 1.165) is 23.2 Å². The summed E-state index contributed by atoms with van der Waals surface area (Å²) in [5.41, 5.74) is 3.68. The zero-order valence-electron chi connectivity index (χ0n) is 18.4. The molecule has 0 bridgehead atoms. The number of carbonyl (C=O) groups is 1. The predicted molar refractivity (Wildman–Crippen MR) is 131 cm³/mol. The number of aromatic amines is 1. The van der Waals surface area contributed by atoms with Crippen molar-refractivity contribution in [2.75, 3.05) is 17.7 Å². The minimum Gasteiger partial charge on any atom is -0.493 e. The Morgan fingerprint density at radius 1 is 1.09 bits per heavy atom. The lowest BCUT2D eigenvalue weighted by atomic mass is 10.0. The molecule has 4 aromatic rings. The number of rotatable bonds is 8. The number of amides is 1. The van der Waals surface area contributed by atoms with Gasteiger partial charge in [-0.25, -0.2) is 9.97 Å². The molecule has 8 nitrogen and oxygen atoms in total. The minimum atomic E-state index is -0.325. The Bertz CT molecular complexity index is 1260. The normalized spacial score (nSPS) is 10.8. The van der Waals surface area contributed by atoms with Crippen LogP contribution in [-0.2, 0) is 0 Å². The molecule has 3 heterocycles. The highest BCUT2D eigenvalue weighted by Crippen LogP contribution is 2.28. The van der Waals surface area contributed by atoms with Gasteiger partial charge in [0.25, 0.3) is 5.91 Å². The number of pyridine rings is 2. The lowest BCUT2D eigenvalue weighted by Gasteiger charge is -2.13. The van der Waals surface area contributed by atoms with E-state index in [1.165, 1.54) is 0 Å².